The van der Waals surface area contributed by atoms with Gasteiger partial charge in [-0.3, -0.25) is 4.79 Å². The molecule has 4 aliphatic carbocycles. The topological polar surface area (TPSA) is 105 Å². The van der Waals surface area contributed by atoms with E-state index in [1.165, 1.54) is 11.1 Å². The molecule has 0 bridgehead atoms. The Morgan fingerprint density at radius 2 is 1.62 bits per heavy atom. The molecular formula is C27H28N2O5. The van der Waals surface area contributed by atoms with Gasteiger partial charge in [0.1, 0.15) is 12.1 Å². The molecule has 0 aromatic heterocycles. The summed E-state index contributed by atoms with van der Waals surface area (Å²) >= 11 is 0. The molecule has 3 saturated carbocycles. The van der Waals surface area contributed by atoms with Gasteiger partial charge in [-0.05, 0) is 66.7 Å². The van der Waals surface area contributed by atoms with Crippen molar-refractivity contribution in [1.29, 1.82) is 0 Å². The molecule has 3 N–H and O–H groups in total. The summed E-state index contributed by atoms with van der Waals surface area (Å²) in [6, 6.07) is 16.3. The molecule has 7 heteroatoms. The fourth-order valence-corrected chi connectivity index (χ4v) is 6.36. The second kappa shape index (κ2) is 7.58. The van der Waals surface area contributed by atoms with Crippen LogP contribution in [0.4, 0.5) is 4.79 Å². The number of aliphatic carboxylic acids is 1. The normalized spacial score (nSPS) is 27.5. The predicted octanol–water partition coefficient (Wildman–Crippen LogP) is 3.82. The molecule has 0 heterocycles. The fraction of sp³-hybridized carbons (Fsp3) is 0.444. The average molecular weight is 461 g/mol. The summed E-state index contributed by atoms with van der Waals surface area (Å²) in [4.78, 5) is 37.2. The Labute approximate surface area is 197 Å². The summed E-state index contributed by atoms with van der Waals surface area (Å²) in [6.07, 6.45) is 3.32. The van der Waals surface area contributed by atoms with Gasteiger partial charge in [-0.2, -0.15) is 0 Å². The molecule has 4 aliphatic rings. The first-order valence-corrected chi connectivity index (χ1v) is 12.1. The van der Waals surface area contributed by atoms with Gasteiger partial charge in [-0.25, -0.2) is 9.59 Å². The zero-order chi connectivity index (χ0) is 23.5. The number of hydrogen-bond acceptors (Lipinski definition) is 4. The predicted molar refractivity (Wildman–Crippen MR) is 124 cm³/mol. The molecule has 2 aromatic carbocycles. The first kappa shape index (κ1) is 21.2. The van der Waals surface area contributed by atoms with Gasteiger partial charge in [0, 0.05) is 12.0 Å². The van der Waals surface area contributed by atoms with E-state index >= 15 is 0 Å². The van der Waals surface area contributed by atoms with Crippen molar-refractivity contribution in [3.63, 3.8) is 0 Å². The summed E-state index contributed by atoms with van der Waals surface area (Å²) in [5.74, 6) is -0.928. The van der Waals surface area contributed by atoms with Crippen molar-refractivity contribution < 1.29 is 24.2 Å². The fourth-order valence-electron chi connectivity index (χ4n) is 6.36. The van der Waals surface area contributed by atoms with Gasteiger partial charge in [0.15, 0.2) is 0 Å². The number of amides is 2. The van der Waals surface area contributed by atoms with Crippen molar-refractivity contribution in [2.45, 2.75) is 56.0 Å². The minimum atomic E-state index is -1.10. The molecule has 2 aromatic rings. The number of carbonyl (C=O) groups is 3. The monoisotopic (exact) mass is 460 g/mol. The first-order chi connectivity index (χ1) is 16.4. The second-order valence-electron chi connectivity index (χ2n) is 10.4. The lowest BCUT2D eigenvalue weighted by Crippen LogP contribution is -2.60. The zero-order valence-electron chi connectivity index (χ0n) is 18.9. The smallest absolute Gasteiger partial charge is 0.407 e. The molecule has 0 aliphatic heterocycles. The Hall–Kier alpha value is -3.35. The highest BCUT2D eigenvalue weighted by atomic mass is 16.5. The molecule has 176 valence electrons. The number of nitrogens with one attached hydrogen (secondary N) is 2. The molecular weight excluding hydrogens is 432 g/mol. The van der Waals surface area contributed by atoms with Crippen molar-refractivity contribution in [1.82, 2.24) is 10.6 Å². The molecule has 0 unspecified atom stereocenters. The van der Waals surface area contributed by atoms with E-state index in [0.29, 0.717) is 19.3 Å². The summed E-state index contributed by atoms with van der Waals surface area (Å²) in [5.41, 5.74) is 3.05. The number of rotatable bonds is 6. The van der Waals surface area contributed by atoms with Crippen LogP contribution >= 0.6 is 0 Å². The van der Waals surface area contributed by atoms with E-state index in [0.717, 1.165) is 30.4 Å². The van der Waals surface area contributed by atoms with E-state index in [4.69, 9.17) is 4.74 Å². The Bertz CT molecular complexity index is 1140. The molecule has 0 saturated heterocycles. The van der Waals surface area contributed by atoms with Crippen LogP contribution in [0, 0.1) is 11.3 Å². The third kappa shape index (κ3) is 3.21. The first-order valence-electron chi connectivity index (χ1n) is 12.1. The van der Waals surface area contributed by atoms with Gasteiger partial charge < -0.3 is 20.5 Å². The highest BCUT2D eigenvalue weighted by Gasteiger charge is 2.66. The van der Waals surface area contributed by atoms with Crippen LogP contribution < -0.4 is 10.6 Å². The van der Waals surface area contributed by atoms with Crippen molar-refractivity contribution in [3.8, 4) is 11.1 Å². The molecule has 3 fully saturated rings. The van der Waals surface area contributed by atoms with Crippen molar-refractivity contribution in [2.75, 3.05) is 6.61 Å². The van der Waals surface area contributed by atoms with E-state index in [9.17, 15) is 19.5 Å². The number of ether oxygens (including phenoxy) is 1. The van der Waals surface area contributed by atoms with E-state index in [-0.39, 0.29) is 30.4 Å². The molecule has 34 heavy (non-hydrogen) atoms. The molecule has 7 nitrogen and oxygen atoms in total. The number of carboxylic acids is 1. The van der Waals surface area contributed by atoms with Crippen LogP contribution in [0.3, 0.4) is 0 Å². The lowest BCUT2D eigenvalue weighted by atomic mass is 9.76. The third-order valence-electron chi connectivity index (χ3n) is 8.50. The molecule has 3 atom stereocenters. The highest BCUT2D eigenvalue weighted by Crippen LogP contribution is 2.64. The highest BCUT2D eigenvalue weighted by molar-refractivity contribution is 5.93. The van der Waals surface area contributed by atoms with E-state index in [2.05, 4.69) is 34.9 Å². The average Bonchev–Trinajstić information content (AvgIpc) is 3.23. The van der Waals surface area contributed by atoms with Crippen molar-refractivity contribution in [3.05, 3.63) is 59.7 Å². The standard InChI is InChI=1S/C27H28N2O5/c30-23(29-27(24(31)32)10-5-11-27)26-13-16(26)12-17(14-26)28-25(33)34-15-22-20-8-3-1-6-18(20)19-7-2-4-9-21(19)22/h1-4,6-9,16-17,22H,5,10-15H2,(H,28,33)(H,29,30)(H,31,32)/t16-,17+,26+/m1/s1. The minimum absolute atomic E-state index is 0.00179. The molecule has 0 spiro atoms. The lowest BCUT2D eigenvalue weighted by Gasteiger charge is -2.39. The van der Waals surface area contributed by atoms with Gasteiger partial charge in [0.05, 0.1) is 5.41 Å². The maximum Gasteiger partial charge on any atom is 0.407 e. The lowest BCUT2D eigenvalue weighted by molar-refractivity contribution is -0.152. The number of alkyl carbamates (subject to hydrolysis) is 1. The summed E-state index contributed by atoms with van der Waals surface area (Å²) < 4.78 is 5.66. The number of benzene rings is 2. The Morgan fingerprint density at radius 1 is 0.971 bits per heavy atom. The van der Waals surface area contributed by atoms with Gasteiger partial charge >= 0.3 is 12.1 Å². The minimum Gasteiger partial charge on any atom is -0.480 e. The number of hydrogen-bond donors (Lipinski definition) is 3. The van der Waals surface area contributed by atoms with Crippen molar-refractivity contribution >= 4 is 18.0 Å². The number of carbonyl (C=O) groups excluding carboxylic acids is 2. The van der Waals surface area contributed by atoms with Gasteiger partial charge in [-0.1, -0.05) is 48.5 Å². The van der Waals surface area contributed by atoms with Crippen LogP contribution in [0.2, 0.25) is 0 Å². The summed E-state index contributed by atoms with van der Waals surface area (Å²) in [6.45, 7) is 0.253. The summed E-state index contributed by atoms with van der Waals surface area (Å²) in [5, 5.41) is 15.3. The largest absolute Gasteiger partial charge is 0.480 e. The maximum absolute atomic E-state index is 13.0. The molecule has 6 rings (SSSR count). The van der Waals surface area contributed by atoms with Crippen LogP contribution in [-0.4, -0.2) is 41.3 Å². The third-order valence-corrected chi connectivity index (χ3v) is 8.50. The molecule has 2 amide bonds. The molecule has 0 radical (unpaired) electrons. The summed E-state index contributed by atoms with van der Waals surface area (Å²) in [7, 11) is 0. The quantitative estimate of drug-likeness (QED) is 0.608. The van der Waals surface area contributed by atoms with E-state index in [1.54, 1.807) is 0 Å². The van der Waals surface area contributed by atoms with Gasteiger partial charge in [-0.15, -0.1) is 0 Å². The van der Waals surface area contributed by atoms with E-state index < -0.39 is 23.0 Å². The Morgan fingerprint density at radius 3 is 2.21 bits per heavy atom. The Kier molecular flexibility index (Phi) is 4.73. The van der Waals surface area contributed by atoms with Crippen LogP contribution in [0.5, 0.6) is 0 Å². The van der Waals surface area contributed by atoms with Crippen LogP contribution in [0.25, 0.3) is 11.1 Å². The number of carboxylic acid groups (broad SMARTS) is 1. The van der Waals surface area contributed by atoms with Crippen LogP contribution in [0.1, 0.15) is 55.6 Å². The Balaban J connectivity index is 1.06. The van der Waals surface area contributed by atoms with E-state index in [1.807, 2.05) is 24.3 Å². The SMILES string of the molecule is O=C(N[C@H]1C[C@@H]2C[C@]2(C(=O)NC2(C(=O)O)CCC2)C1)OCC1c2ccccc2-c2ccccc21. The van der Waals surface area contributed by atoms with Crippen LogP contribution in [-0.2, 0) is 14.3 Å². The van der Waals surface area contributed by atoms with Crippen molar-refractivity contribution in [2.24, 2.45) is 11.3 Å². The zero-order valence-corrected chi connectivity index (χ0v) is 18.9. The maximum atomic E-state index is 13.0. The van der Waals surface area contributed by atoms with Gasteiger partial charge in [0.2, 0.25) is 5.91 Å². The van der Waals surface area contributed by atoms with Crippen LogP contribution in [0.15, 0.2) is 48.5 Å². The van der Waals surface area contributed by atoms with Gasteiger partial charge in [0.25, 0.3) is 0 Å². The number of fused-ring (bicyclic) bond motifs is 4. The second-order valence-corrected chi connectivity index (χ2v) is 10.4.